The molecule has 0 aliphatic rings. The van der Waals surface area contributed by atoms with Crippen LogP contribution in [0.1, 0.15) is 10.4 Å². The number of carbonyl (C=O) groups is 1. The first-order valence-electron chi connectivity index (χ1n) is 6.09. The average Bonchev–Trinajstić information content (AvgIpc) is 2.40. The van der Waals surface area contributed by atoms with Gasteiger partial charge in [0.05, 0.1) is 28.2 Å². The molecule has 2 aromatic carbocycles. The highest BCUT2D eigenvalue weighted by atomic mass is 35.5. The van der Waals surface area contributed by atoms with Crippen LogP contribution >= 0.6 is 11.6 Å². The smallest absolute Gasteiger partial charge is 0.257 e. The maximum atomic E-state index is 13.3. The number of hydrogen-bond donors (Lipinski definition) is 2. The molecule has 0 unspecified atom stereocenters. The molecule has 0 spiro atoms. The molecule has 0 aliphatic carbocycles. The average molecular weight is 343 g/mol. The molecule has 0 heterocycles. The molecule has 5 nitrogen and oxygen atoms in total. The predicted molar refractivity (Wildman–Crippen MR) is 84.3 cm³/mol. The van der Waals surface area contributed by atoms with Gasteiger partial charge in [-0.3, -0.25) is 9.52 Å². The number of benzene rings is 2. The van der Waals surface area contributed by atoms with Crippen molar-refractivity contribution in [2.24, 2.45) is 0 Å². The van der Waals surface area contributed by atoms with Crippen molar-refractivity contribution in [1.82, 2.24) is 0 Å². The maximum Gasteiger partial charge on any atom is 0.257 e. The Balaban J connectivity index is 2.33. The Kier molecular flexibility index (Phi) is 4.68. The normalized spacial score (nSPS) is 11.0. The topological polar surface area (TPSA) is 75.3 Å². The number of hydrogen-bond acceptors (Lipinski definition) is 3. The molecular formula is C14H12ClFN2O3S. The molecule has 0 saturated carbocycles. The highest BCUT2D eigenvalue weighted by molar-refractivity contribution is 7.92. The fraction of sp³-hybridized carbons (Fsp3) is 0.0714. The second kappa shape index (κ2) is 6.33. The molecule has 22 heavy (non-hydrogen) atoms. The van der Waals surface area contributed by atoms with Gasteiger partial charge in [0.25, 0.3) is 5.91 Å². The van der Waals surface area contributed by atoms with Gasteiger partial charge in [-0.25, -0.2) is 12.8 Å². The van der Waals surface area contributed by atoms with Crippen LogP contribution in [-0.2, 0) is 10.0 Å². The highest BCUT2D eigenvalue weighted by Gasteiger charge is 2.14. The monoisotopic (exact) mass is 342 g/mol. The van der Waals surface area contributed by atoms with E-state index in [1.54, 1.807) is 18.2 Å². The quantitative estimate of drug-likeness (QED) is 0.896. The van der Waals surface area contributed by atoms with Gasteiger partial charge in [-0.2, -0.15) is 0 Å². The summed E-state index contributed by atoms with van der Waals surface area (Å²) in [6, 6.07) is 9.73. The molecule has 0 aliphatic heterocycles. The fourth-order valence-corrected chi connectivity index (χ4v) is 2.53. The minimum absolute atomic E-state index is 0.0668. The summed E-state index contributed by atoms with van der Waals surface area (Å²) in [5.74, 6) is -1.17. The molecule has 0 aromatic heterocycles. The van der Waals surface area contributed by atoms with E-state index in [1.165, 1.54) is 12.1 Å². The standard InChI is InChI=1S/C14H12ClFN2O3S/c1-22(20,21)18-13-8-9(16)6-7-12(13)17-14(19)10-4-2-3-5-11(10)15/h2-8,18H,1H3,(H,17,19). The molecule has 0 fully saturated rings. The van der Waals surface area contributed by atoms with Crippen LogP contribution < -0.4 is 10.0 Å². The minimum Gasteiger partial charge on any atom is -0.320 e. The molecule has 2 N–H and O–H groups in total. The third kappa shape index (κ3) is 4.19. The molecule has 1 amide bonds. The molecule has 2 aromatic rings. The number of anilines is 2. The SMILES string of the molecule is CS(=O)(=O)Nc1cc(F)ccc1NC(=O)c1ccccc1Cl. The largest absolute Gasteiger partial charge is 0.320 e. The van der Waals surface area contributed by atoms with Crippen LogP contribution in [0.25, 0.3) is 0 Å². The molecule has 116 valence electrons. The number of amides is 1. The van der Waals surface area contributed by atoms with E-state index in [1.807, 2.05) is 0 Å². The van der Waals surface area contributed by atoms with Crippen molar-refractivity contribution in [2.45, 2.75) is 0 Å². The fourth-order valence-electron chi connectivity index (χ4n) is 1.74. The van der Waals surface area contributed by atoms with Gasteiger partial charge in [-0.05, 0) is 24.3 Å². The summed E-state index contributed by atoms with van der Waals surface area (Å²) in [7, 11) is -3.62. The second-order valence-electron chi connectivity index (χ2n) is 4.50. The lowest BCUT2D eigenvalue weighted by atomic mass is 10.2. The van der Waals surface area contributed by atoms with Crippen molar-refractivity contribution >= 4 is 38.9 Å². The highest BCUT2D eigenvalue weighted by Crippen LogP contribution is 2.25. The van der Waals surface area contributed by atoms with Gasteiger partial charge in [0, 0.05) is 6.07 Å². The zero-order valence-corrected chi connectivity index (χ0v) is 13.0. The summed E-state index contributed by atoms with van der Waals surface area (Å²) in [4.78, 5) is 12.2. The predicted octanol–water partition coefficient (Wildman–Crippen LogP) is 3.10. The Morgan fingerprint density at radius 1 is 1.14 bits per heavy atom. The molecule has 0 atom stereocenters. The van der Waals surface area contributed by atoms with Gasteiger partial charge >= 0.3 is 0 Å². The number of rotatable bonds is 4. The summed E-state index contributed by atoms with van der Waals surface area (Å²) in [6.07, 6.45) is 0.928. The first-order chi connectivity index (χ1) is 10.3. The summed E-state index contributed by atoms with van der Waals surface area (Å²) < 4.78 is 38.0. The van der Waals surface area contributed by atoms with Crippen LogP contribution in [-0.4, -0.2) is 20.6 Å². The second-order valence-corrected chi connectivity index (χ2v) is 6.65. The Morgan fingerprint density at radius 3 is 2.45 bits per heavy atom. The number of halogens is 2. The molecule has 8 heteroatoms. The van der Waals surface area contributed by atoms with Crippen LogP contribution in [0.3, 0.4) is 0 Å². The van der Waals surface area contributed by atoms with Crippen LogP contribution in [0.15, 0.2) is 42.5 Å². The summed E-state index contributed by atoms with van der Waals surface area (Å²) >= 11 is 5.92. The number of nitrogens with one attached hydrogen (secondary N) is 2. The van der Waals surface area contributed by atoms with E-state index in [4.69, 9.17) is 11.6 Å². The van der Waals surface area contributed by atoms with E-state index >= 15 is 0 Å². The van der Waals surface area contributed by atoms with Gasteiger partial charge in [0.1, 0.15) is 5.82 Å². The van der Waals surface area contributed by atoms with Crippen molar-refractivity contribution < 1.29 is 17.6 Å². The Morgan fingerprint density at radius 2 is 1.82 bits per heavy atom. The van der Waals surface area contributed by atoms with E-state index in [0.29, 0.717) is 0 Å². The van der Waals surface area contributed by atoms with Crippen molar-refractivity contribution in [3.05, 3.63) is 58.9 Å². The Labute approximate surface area is 132 Å². The van der Waals surface area contributed by atoms with Gasteiger partial charge in [-0.1, -0.05) is 23.7 Å². The molecule has 0 radical (unpaired) electrons. The summed E-state index contributed by atoms with van der Waals surface area (Å²) in [5.41, 5.74) is 0.276. The van der Waals surface area contributed by atoms with Gasteiger partial charge in [-0.15, -0.1) is 0 Å². The van der Waals surface area contributed by atoms with Crippen LogP contribution in [0.5, 0.6) is 0 Å². The zero-order chi connectivity index (χ0) is 16.3. The maximum absolute atomic E-state index is 13.3. The molecule has 0 saturated heterocycles. The summed E-state index contributed by atoms with van der Waals surface area (Å²) in [5, 5.41) is 2.75. The van der Waals surface area contributed by atoms with E-state index < -0.39 is 21.7 Å². The van der Waals surface area contributed by atoms with E-state index in [9.17, 15) is 17.6 Å². The van der Waals surface area contributed by atoms with Gasteiger partial charge in [0.15, 0.2) is 0 Å². The van der Waals surface area contributed by atoms with E-state index in [-0.39, 0.29) is 22.0 Å². The van der Waals surface area contributed by atoms with Crippen molar-refractivity contribution in [1.29, 1.82) is 0 Å². The van der Waals surface area contributed by atoms with Crippen molar-refractivity contribution in [3.63, 3.8) is 0 Å². The van der Waals surface area contributed by atoms with Crippen LogP contribution in [0.2, 0.25) is 5.02 Å². The third-order valence-corrected chi connectivity index (χ3v) is 3.56. The van der Waals surface area contributed by atoms with Gasteiger partial charge in [0.2, 0.25) is 10.0 Å². The van der Waals surface area contributed by atoms with Crippen LogP contribution in [0.4, 0.5) is 15.8 Å². The Bertz CT molecular complexity index is 825. The Hall–Kier alpha value is -2.12. The molecule has 2 rings (SSSR count). The minimum atomic E-state index is -3.62. The third-order valence-electron chi connectivity index (χ3n) is 2.64. The lowest BCUT2D eigenvalue weighted by Gasteiger charge is -2.12. The van der Waals surface area contributed by atoms with E-state index in [2.05, 4.69) is 10.0 Å². The molecule has 0 bridgehead atoms. The van der Waals surface area contributed by atoms with Crippen molar-refractivity contribution in [2.75, 3.05) is 16.3 Å². The van der Waals surface area contributed by atoms with Gasteiger partial charge < -0.3 is 5.32 Å². The first kappa shape index (κ1) is 16.3. The van der Waals surface area contributed by atoms with Crippen molar-refractivity contribution in [3.8, 4) is 0 Å². The number of sulfonamides is 1. The van der Waals surface area contributed by atoms with Crippen LogP contribution in [0, 0.1) is 5.82 Å². The lowest BCUT2D eigenvalue weighted by molar-refractivity contribution is 0.102. The summed E-state index contributed by atoms with van der Waals surface area (Å²) in [6.45, 7) is 0. The van der Waals surface area contributed by atoms with E-state index in [0.717, 1.165) is 18.4 Å². The first-order valence-corrected chi connectivity index (χ1v) is 8.36. The zero-order valence-electron chi connectivity index (χ0n) is 11.4. The molecular weight excluding hydrogens is 331 g/mol. The number of carbonyl (C=O) groups excluding carboxylic acids is 1. The lowest BCUT2D eigenvalue weighted by Crippen LogP contribution is -2.16.